The van der Waals surface area contributed by atoms with Gasteiger partial charge in [0.1, 0.15) is 5.75 Å². The van der Waals surface area contributed by atoms with Crippen LogP contribution >= 0.6 is 27.5 Å². The molecule has 5 rings (SSSR count). The molecule has 3 heterocycles. The number of hydrogen-bond acceptors (Lipinski definition) is 4. The average molecular weight is 447 g/mol. The van der Waals surface area contributed by atoms with Gasteiger partial charge in [-0.05, 0) is 42.9 Å². The summed E-state index contributed by atoms with van der Waals surface area (Å²) in [5, 5.41) is 8.09. The van der Waals surface area contributed by atoms with E-state index in [4.69, 9.17) is 21.4 Å². The van der Waals surface area contributed by atoms with Gasteiger partial charge in [-0.15, -0.1) is 0 Å². The molecule has 0 amide bonds. The minimum absolute atomic E-state index is 0.209. The van der Waals surface area contributed by atoms with Gasteiger partial charge in [-0.3, -0.25) is 0 Å². The summed E-state index contributed by atoms with van der Waals surface area (Å²) >= 11 is 9.69. The summed E-state index contributed by atoms with van der Waals surface area (Å²) in [5.41, 5.74) is 3.09. The van der Waals surface area contributed by atoms with Crippen molar-refractivity contribution < 1.29 is 4.74 Å². The lowest BCUT2D eigenvalue weighted by atomic mass is 9.91. The molecule has 1 spiro atoms. The summed E-state index contributed by atoms with van der Waals surface area (Å²) in [7, 11) is 2.17. The molecular formula is C21H21BrClN3O. The fourth-order valence-electron chi connectivity index (χ4n) is 4.37. The third kappa shape index (κ3) is 2.96. The lowest BCUT2D eigenvalue weighted by Gasteiger charge is -2.50. The second kappa shape index (κ2) is 6.50. The van der Waals surface area contributed by atoms with E-state index in [9.17, 15) is 0 Å². The van der Waals surface area contributed by atoms with Gasteiger partial charge in [0.2, 0.25) is 5.72 Å². The molecule has 0 radical (unpaired) electrons. The van der Waals surface area contributed by atoms with Crippen LogP contribution in [0.2, 0.25) is 5.02 Å². The SMILES string of the molecule is CN1CCC2(CC1)Oc1ccc(Br)cc1[C@H]1CC(c3ccc(Cl)cc3)=NN12. The topological polar surface area (TPSA) is 28.1 Å². The molecule has 1 fully saturated rings. The number of halogens is 2. The summed E-state index contributed by atoms with van der Waals surface area (Å²) in [6.07, 6.45) is 2.78. The first kappa shape index (κ1) is 17.5. The van der Waals surface area contributed by atoms with Gasteiger partial charge >= 0.3 is 0 Å². The monoisotopic (exact) mass is 445 g/mol. The number of ether oxygens (including phenoxy) is 1. The molecule has 2 aromatic carbocycles. The first-order valence-corrected chi connectivity index (χ1v) is 10.5. The highest BCUT2D eigenvalue weighted by atomic mass is 79.9. The third-order valence-corrected chi connectivity index (χ3v) is 6.65. The van der Waals surface area contributed by atoms with E-state index in [1.807, 2.05) is 12.1 Å². The van der Waals surface area contributed by atoms with Crippen LogP contribution in [-0.2, 0) is 0 Å². The normalized spacial score (nSPS) is 23.6. The van der Waals surface area contributed by atoms with Crippen molar-refractivity contribution in [1.29, 1.82) is 0 Å². The van der Waals surface area contributed by atoms with Gasteiger partial charge in [-0.2, -0.15) is 5.10 Å². The highest BCUT2D eigenvalue weighted by Gasteiger charge is 2.51. The van der Waals surface area contributed by atoms with E-state index >= 15 is 0 Å². The van der Waals surface area contributed by atoms with Crippen molar-refractivity contribution in [2.75, 3.05) is 20.1 Å². The summed E-state index contributed by atoms with van der Waals surface area (Å²) in [5.74, 6) is 0.997. The molecule has 1 saturated heterocycles. The van der Waals surface area contributed by atoms with Crippen LogP contribution in [0.3, 0.4) is 0 Å². The Balaban J connectivity index is 1.58. The summed E-state index contributed by atoms with van der Waals surface area (Å²) in [6, 6.07) is 14.5. The molecule has 3 aliphatic heterocycles. The average Bonchev–Trinajstić information content (AvgIpc) is 3.12. The molecular weight excluding hydrogens is 426 g/mol. The second-order valence-electron chi connectivity index (χ2n) is 7.65. The maximum Gasteiger partial charge on any atom is 0.200 e. The van der Waals surface area contributed by atoms with Crippen LogP contribution in [0, 0.1) is 0 Å². The van der Waals surface area contributed by atoms with Crippen LogP contribution < -0.4 is 4.74 Å². The van der Waals surface area contributed by atoms with Crippen molar-refractivity contribution in [2.24, 2.45) is 5.10 Å². The van der Waals surface area contributed by atoms with Crippen LogP contribution in [0.5, 0.6) is 5.75 Å². The zero-order valence-electron chi connectivity index (χ0n) is 15.2. The van der Waals surface area contributed by atoms with Gasteiger partial charge in [0, 0.05) is 47.4 Å². The number of fused-ring (bicyclic) bond motifs is 4. The number of likely N-dealkylation sites (tertiary alicyclic amines) is 1. The third-order valence-electron chi connectivity index (χ3n) is 5.90. The van der Waals surface area contributed by atoms with Gasteiger partial charge in [-0.25, -0.2) is 5.01 Å². The zero-order chi connectivity index (χ0) is 18.6. The van der Waals surface area contributed by atoms with Crippen LogP contribution in [0.1, 0.15) is 36.4 Å². The minimum atomic E-state index is -0.355. The molecule has 6 heteroatoms. The van der Waals surface area contributed by atoms with E-state index in [0.717, 1.165) is 58.9 Å². The van der Waals surface area contributed by atoms with Crippen molar-refractivity contribution in [2.45, 2.75) is 31.0 Å². The van der Waals surface area contributed by atoms with Gasteiger partial charge in [0.05, 0.1) is 11.8 Å². The van der Waals surface area contributed by atoms with Crippen LogP contribution in [0.25, 0.3) is 0 Å². The Kier molecular flexibility index (Phi) is 4.22. The zero-order valence-corrected chi connectivity index (χ0v) is 17.5. The van der Waals surface area contributed by atoms with E-state index in [0.29, 0.717) is 0 Å². The number of hydrazone groups is 1. The van der Waals surface area contributed by atoms with Crippen molar-refractivity contribution in [3.05, 3.63) is 63.1 Å². The van der Waals surface area contributed by atoms with E-state index in [2.05, 4.69) is 63.2 Å². The lowest BCUT2D eigenvalue weighted by molar-refractivity contribution is -0.147. The van der Waals surface area contributed by atoms with E-state index < -0.39 is 0 Å². The van der Waals surface area contributed by atoms with Crippen molar-refractivity contribution in [3.63, 3.8) is 0 Å². The fraction of sp³-hybridized carbons (Fsp3) is 0.381. The quantitative estimate of drug-likeness (QED) is 0.612. The highest BCUT2D eigenvalue weighted by molar-refractivity contribution is 9.10. The molecule has 3 aliphatic rings. The number of nitrogens with zero attached hydrogens (tertiary/aromatic N) is 3. The Hall–Kier alpha value is -1.56. The van der Waals surface area contributed by atoms with Crippen LogP contribution in [0.15, 0.2) is 52.0 Å². The van der Waals surface area contributed by atoms with E-state index in [1.165, 1.54) is 5.56 Å². The molecule has 140 valence electrons. The number of piperidine rings is 1. The summed E-state index contributed by atoms with van der Waals surface area (Å²) in [6.45, 7) is 2.03. The maximum atomic E-state index is 6.63. The predicted octanol–water partition coefficient (Wildman–Crippen LogP) is 5.07. The number of benzene rings is 2. The molecule has 4 nitrogen and oxygen atoms in total. The van der Waals surface area contributed by atoms with Gasteiger partial charge in [0.25, 0.3) is 0 Å². The molecule has 2 aromatic rings. The Morgan fingerprint density at radius 1 is 1.15 bits per heavy atom. The molecule has 27 heavy (non-hydrogen) atoms. The Labute approximate surface area is 172 Å². The number of hydrogen-bond donors (Lipinski definition) is 0. The molecule has 0 aliphatic carbocycles. The van der Waals surface area contributed by atoms with Crippen LogP contribution in [0.4, 0.5) is 0 Å². The van der Waals surface area contributed by atoms with E-state index in [-0.39, 0.29) is 11.8 Å². The highest BCUT2D eigenvalue weighted by Crippen LogP contribution is 2.50. The molecule has 0 N–H and O–H groups in total. The second-order valence-corrected chi connectivity index (χ2v) is 9.00. The smallest absolute Gasteiger partial charge is 0.200 e. The first-order valence-electron chi connectivity index (χ1n) is 9.34. The Morgan fingerprint density at radius 2 is 1.89 bits per heavy atom. The van der Waals surface area contributed by atoms with E-state index in [1.54, 1.807) is 0 Å². The van der Waals surface area contributed by atoms with Crippen molar-refractivity contribution >= 4 is 33.2 Å². The molecule has 0 unspecified atom stereocenters. The Bertz CT molecular complexity index is 906. The Morgan fingerprint density at radius 3 is 2.63 bits per heavy atom. The van der Waals surface area contributed by atoms with Gasteiger partial charge < -0.3 is 9.64 Å². The molecule has 0 bridgehead atoms. The molecule has 0 saturated carbocycles. The molecule has 0 aromatic heterocycles. The van der Waals surface area contributed by atoms with Gasteiger partial charge in [-0.1, -0.05) is 39.7 Å². The molecule has 1 atom stereocenters. The van der Waals surface area contributed by atoms with Gasteiger partial charge in [0.15, 0.2) is 0 Å². The van der Waals surface area contributed by atoms with Crippen molar-refractivity contribution in [3.8, 4) is 5.75 Å². The standard InChI is InChI=1S/C21H21BrClN3O/c1-25-10-8-21(9-11-25)26-19(17-12-15(22)4-7-20(17)27-21)13-18(24-26)14-2-5-16(23)6-3-14/h2-7,12,19H,8-11,13H2,1H3/t19-/m1/s1. The summed E-state index contributed by atoms with van der Waals surface area (Å²) < 4.78 is 7.70. The fourth-order valence-corrected chi connectivity index (χ4v) is 4.87. The summed E-state index contributed by atoms with van der Waals surface area (Å²) in [4.78, 5) is 2.36. The first-order chi connectivity index (χ1) is 13.0. The number of rotatable bonds is 1. The van der Waals surface area contributed by atoms with Crippen molar-refractivity contribution in [1.82, 2.24) is 9.91 Å². The predicted molar refractivity (Wildman–Crippen MR) is 111 cm³/mol. The lowest BCUT2D eigenvalue weighted by Crippen LogP contribution is -2.58. The largest absolute Gasteiger partial charge is 0.466 e. The van der Waals surface area contributed by atoms with Crippen LogP contribution in [-0.4, -0.2) is 41.5 Å². The minimum Gasteiger partial charge on any atom is -0.466 e. The maximum absolute atomic E-state index is 6.63.